The molecule has 6 nitrogen and oxygen atoms in total. The van der Waals surface area contributed by atoms with Crippen LogP contribution in [0.5, 0.6) is 0 Å². The lowest BCUT2D eigenvalue weighted by Crippen LogP contribution is -2.28. The van der Waals surface area contributed by atoms with E-state index in [1.807, 2.05) is 41.5 Å². The van der Waals surface area contributed by atoms with Gasteiger partial charge in [0.15, 0.2) is 4.73 Å². The maximum absolute atomic E-state index is 12.5. The average Bonchev–Trinajstić information content (AvgIpc) is 2.90. The number of rotatable bonds is 2. The summed E-state index contributed by atoms with van der Waals surface area (Å²) in [4.78, 5) is 21.1. The number of nitrogens with zero attached hydrogens (tertiary/aromatic N) is 3. The zero-order valence-electron chi connectivity index (χ0n) is 13.6. The Kier molecular flexibility index (Phi) is 4.47. The van der Waals surface area contributed by atoms with Crippen LogP contribution in [0, 0.1) is 6.92 Å². The Morgan fingerprint density at radius 2 is 2.05 bits per heavy atom. The molecule has 0 N–H and O–H groups in total. The molecule has 2 rings (SSSR count). The van der Waals surface area contributed by atoms with Crippen molar-refractivity contribution in [2.24, 2.45) is 0 Å². The number of hydrogen-bond donors (Lipinski definition) is 0. The molecule has 2 aromatic heterocycles. The van der Waals surface area contributed by atoms with Gasteiger partial charge < -0.3 is 9.15 Å². The molecule has 0 radical (unpaired) electrons. The van der Waals surface area contributed by atoms with Crippen LogP contribution in [0.3, 0.4) is 0 Å². The van der Waals surface area contributed by atoms with Crippen molar-refractivity contribution in [1.82, 2.24) is 14.5 Å². The third-order valence-corrected chi connectivity index (χ3v) is 3.35. The van der Waals surface area contributed by atoms with Crippen LogP contribution in [0.1, 0.15) is 52.0 Å². The molecule has 22 heavy (non-hydrogen) atoms. The number of carbonyl (C=O) groups excluding carboxylic acids is 1. The van der Waals surface area contributed by atoms with Crippen molar-refractivity contribution < 1.29 is 13.9 Å². The molecule has 2 heterocycles. The Labute approximate surface area is 138 Å². The van der Waals surface area contributed by atoms with Crippen LogP contribution in [0.2, 0.25) is 0 Å². The van der Waals surface area contributed by atoms with Crippen molar-refractivity contribution in [3.8, 4) is 11.6 Å². The van der Waals surface area contributed by atoms with Gasteiger partial charge in [-0.05, 0) is 49.5 Å². The molecule has 0 saturated carbocycles. The third-order valence-electron chi connectivity index (χ3n) is 2.82. The minimum Gasteiger partial charge on any atom is -0.443 e. The van der Waals surface area contributed by atoms with E-state index in [0.29, 0.717) is 27.8 Å². The Morgan fingerprint density at radius 3 is 2.50 bits per heavy atom. The quantitative estimate of drug-likeness (QED) is 0.778. The van der Waals surface area contributed by atoms with Crippen LogP contribution in [-0.4, -0.2) is 26.2 Å². The SMILES string of the molecule is Cc1cnc(-c2nc(Br)n(C(=O)OC(C)(C)C)c2C(C)C)o1. The lowest BCUT2D eigenvalue weighted by Gasteiger charge is -2.21. The normalized spacial score (nSPS) is 12.0. The fourth-order valence-electron chi connectivity index (χ4n) is 2.04. The van der Waals surface area contributed by atoms with E-state index in [4.69, 9.17) is 9.15 Å². The first-order chi connectivity index (χ1) is 10.1. The van der Waals surface area contributed by atoms with E-state index in [9.17, 15) is 4.79 Å². The summed E-state index contributed by atoms with van der Waals surface area (Å²) in [5.74, 6) is 1.12. The van der Waals surface area contributed by atoms with E-state index in [1.54, 1.807) is 6.20 Å². The van der Waals surface area contributed by atoms with Crippen LogP contribution in [0.25, 0.3) is 11.6 Å². The summed E-state index contributed by atoms with van der Waals surface area (Å²) in [6, 6.07) is 0. The lowest BCUT2D eigenvalue weighted by molar-refractivity contribution is 0.0527. The summed E-state index contributed by atoms with van der Waals surface area (Å²) in [6.45, 7) is 11.2. The van der Waals surface area contributed by atoms with Crippen LogP contribution in [-0.2, 0) is 4.74 Å². The summed E-state index contributed by atoms with van der Waals surface area (Å²) in [5, 5.41) is 0. The number of carbonyl (C=O) groups is 1. The predicted molar refractivity (Wildman–Crippen MR) is 85.9 cm³/mol. The molecule has 0 bridgehead atoms. The smallest absolute Gasteiger partial charge is 0.420 e. The first kappa shape index (κ1) is 16.7. The molecule has 7 heteroatoms. The van der Waals surface area contributed by atoms with Gasteiger partial charge in [0.05, 0.1) is 11.9 Å². The van der Waals surface area contributed by atoms with E-state index in [-0.39, 0.29) is 5.92 Å². The van der Waals surface area contributed by atoms with E-state index in [1.165, 1.54) is 4.57 Å². The number of halogens is 1. The van der Waals surface area contributed by atoms with E-state index >= 15 is 0 Å². The number of aromatic nitrogens is 3. The van der Waals surface area contributed by atoms with Crippen LogP contribution in [0.4, 0.5) is 4.79 Å². The molecule has 0 aliphatic carbocycles. The Hall–Kier alpha value is -1.63. The first-order valence-electron chi connectivity index (χ1n) is 7.04. The standard InChI is InChI=1S/C15H20BrN3O3/c1-8(2)11-10(12-17-7-9(3)21-12)18-13(16)19(11)14(20)22-15(4,5)6/h7-8H,1-6H3. The molecule has 0 atom stereocenters. The molecule has 0 fully saturated rings. The highest BCUT2D eigenvalue weighted by Crippen LogP contribution is 2.32. The summed E-state index contributed by atoms with van der Waals surface area (Å²) in [5.41, 5.74) is 0.651. The Balaban J connectivity index is 2.55. The van der Waals surface area contributed by atoms with Crippen molar-refractivity contribution in [1.29, 1.82) is 0 Å². The van der Waals surface area contributed by atoms with E-state index in [2.05, 4.69) is 25.9 Å². The highest BCUT2D eigenvalue weighted by Gasteiger charge is 2.29. The molecule has 0 spiro atoms. The number of imidazole rings is 1. The van der Waals surface area contributed by atoms with Gasteiger partial charge in [0, 0.05) is 0 Å². The van der Waals surface area contributed by atoms with Gasteiger partial charge in [-0.2, -0.15) is 0 Å². The fraction of sp³-hybridized carbons (Fsp3) is 0.533. The second-order valence-corrected chi connectivity index (χ2v) is 7.07. The van der Waals surface area contributed by atoms with Crippen molar-refractivity contribution in [3.63, 3.8) is 0 Å². The van der Waals surface area contributed by atoms with Gasteiger partial charge in [0.1, 0.15) is 17.1 Å². The average molecular weight is 370 g/mol. The lowest BCUT2D eigenvalue weighted by atomic mass is 10.1. The molecule has 0 aliphatic heterocycles. The van der Waals surface area contributed by atoms with Gasteiger partial charge >= 0.3 is 6.09 Å². The molecule has 0 saturated heterocycles. The highest BCUT2D eigenvalue weighted by molar-refractivity contribution is 9.10. The summed E-state index contributed by atoms with van der Waals surface area (Å²) in [6.07, 6.45) is 1.14. The van der Waals surface area contributed by atoms with Gasteiger partial charge in [0.2, 0.25) is 5.89 Å². The van der Waals surface area contributed by atoms with Crippen molar-refractivity contribution in [3.05, 3.63) is 22.4 Å². The summed E-state index contributed by atoms with van der Waals surface area (Å²) >= 11 is 3.33. The predicted octanol–water partition coefficient (Wildman–Crippen LogP) is 4.52. The minimum absolute atomic E-state index is 0.0357. The van der Waals surface area contributed by atoms with Gasteiger partial charge in [-0.3, -0.25) is 0 Å². The number of aryl methyl sites for hydroxylation is 1. The number of oxazole rings is 1. The van der Waals surface area contributed by atoms with Crippen molar-refractivity contribution >= 4 is 22.0 Å². The molecule has 120 valence electrons. The monoisotopic (exact) mass is 369 g/mol. The van der Waals surface area contributed by atoms with Crippen LogP contribution >= 0.6 is 15.9 Å². The van der Waals surface area contributed by atoms with Gasteiger partial charge in [-0.25, -0.2) is 19.3 Å². The molecule has 0 amide bonds. The first-order valence-corrected chi connectivity index (χ1v) is 7.83. The van der Waals surface area contributed by atoms with Crippen molar-refractivity contribution in [2.75, 3.05) is 0 Å². The van der Waals surface area contributed by atoms with E-state index < -0.39 is 11.7 Å². The highest BCUT2D eigenvalue weighted by atomic mass is 79.9. The van der Waals surface area contributed by atoms with Gasteiger partial charge in [0.25, 0.3) is 0 Å². The summed E-state index contributed by atoms with van der Waals surface area (Å²) in [7, 11) is 0. The van der Waals surface area contributed by atoms with Crippen molar-refractivity contribution in [2.45, 2.75) is 53.1 Å². The number of ether oxygens (including phenoxy) is 1. The molecule has 2 aromatic rings. The van der Waals surface area contributed by atoms with Crippen LogP contribution < -0.4 is 0 Å². The second-order valence-electron chi connectivity index (χ2n) is 6.36. The van der Waals surface area contributed by atoms with Gasteiger partial charge in [-0.1, -0.05) is 13.8 Å². The van der Waals surface area contributed by atoms with E-state index in [0.717, 1.165) is 0 Å². The minimum atomic E-state index is -0.589. The Bertz CT molecular complexity index is 695. The zero-order valence-corrected chi connectivity index (χ0v) is 15.2. The van der Waals surface area contributed by atoms with Crippen LogP contribution in [0.15, 0.2) is 15.3 Å². The third kappa shape index (κ3) is 3.40. The zero-order chi connectivity index (χ0) is 16.7. The molecular formula is C15H20BrN3O3. The maximum Gasteiger partial charge on any atom is 0.420 e. The number of hydrogen-bond acceptors (Lipinski definition) is 5. The largest absolute Gasteiger partial charge is 0.443 e. The molecule has 0 unspecified atom stereocenters. The molecule has 0 aromatic carbocycles. The second kappa shape index (κ2) is 5.87. The molecular weight excluding hydrogens is 350 g/mol. The summed E-state index contributed by atoms with van der Waals surface area (Å²) < 4.78 is 12.8. The Morgan fingerprint density at radius 1 is 1.41 bits per heavy atom. The van der Waals surface area contributed by atoms with Gasteiger partial charge in [-0.15, -0.1) is 0 Å². The topological polar surface area (TPSA) is 70.2 Å². The fourth-order valence-corrected chi connectivity index (χ4v) is 2.55. The maximum atomic E-state index is 12.5. The molecule has 0 aliphatic rings.